The van der Waals surface area contributed by atoms with E-state index in [4.69, 9.17) is 33.2 Å². The fraction of sp³-hybridized carbons (Fsp3) is 0.409. The van der Waals surface area contributed by atoms with Gasteiger partial charge in [0.15, 0.2) is 23.0 Å². The summed E-state index contributed by atoms with van der Waals surface area (Å²) < 4.78 is 37.3. The number of ketones is 1. The van der Waals surface area contributed by atoms with E-state index in [2.05, 4.69) is 0 Å². The third-order valence-corrected chi connectivity index (χ3v) is 4.90. The summed E-state index contributed by atoms with van der Waals surface area (Å²) in [7, 11) is 9.93. The molecule has 1 aliphatic carbocycles. The summed E-state index contributed by atoms with van der Waals surface area (Å²) in [4.78, 5) is 13.0. The van der Waals surface area contributed by atoms with Gasteiger partial charge in [0.25, 0.3) is 0 Å². The standard InChI is InChI=1S/C22H28O9/c1-25-16-11-9-14(18(27-3)19(16)28-4)15(23)10-8-13-12-17(26-2)20(29-5)21(30-6)22(13,24)31-7/h8-13,24H,1-7H3. The maximum absolute atomic E-state index is 13.0. The Morgan fingerprint density at radius 2 is 1.58 bits per heavy atom. The van der Waals surface area contributed by atoms with Crippen LogP contribution in [0.2, 0.25) is 0 Å². The zero-order valence-corrected chi connectivity index (χ0v) is 18.7. The molecule has 1 aliphatic rings. The van der Waals surface area contributed by atoms with Gasteiger partial charge in [0.1, 0.15) is 0 Å². The molecular formula is C22H28O9. The van der Waals surface area contributed by atoms with Crippen LogP contribution in [0.3, 0.4) is 0 Å². The number of allylic oxidation sites excluding steroid dienone is 1. The topological polar surface area (TPSA) is 102 Å². The summed E-state index contributed by atoms with van der Waals surface area (Å²) in [5.41, 5.74) is 0.254. The van der Waals surface area contributed by atoms with Crippen LogP contribution < -0.4 is 14.2 Å². The summed E-state index contributed by atoms with van der Waals surface area (Å²) in [6.07, 6.45) is 4.35. The molecule has 0 amide bonds. The Labute approximate surface area is 181 Å². The van der Waals surface area contributed by atoms with Crippen LogP contribution in [0.4, 0.5) is 0 Å². The molecule has 0 fully saturated rings. The van der Waals surface area contributed by atoms with E-state index in [0.717, 1.165) is 0 Å². The maximum atomic E-state index is 13.0. The molecule has 2 rings (SSSR count). The molecular weight excluding hydrogens is 408 g/mol. The molecule has 0 saturated heterocycles. The van der Waals surface area contributed by atoms with Crippen molar-refractivity contribution in [1.29, 1.82) is 0 Å². The Balaban J connectivity index is 2.48. The first-order valence-corrected chi connectivity index (χ1v) is 9.24. The first-order chi connectivity index (χ1) is 14.9. The quantitative estimate of drug-likeness (QED) is 0.337. The number of benzene rings is 1. The summed E-state index contributed by atoms with van der Waals surface area (Å²) in [5, 5.41) is 11.1. The van der Waals surface area contributed by atoms with Gasteiger partial charge in [0, 0.05) is 7.11 Å². The SMILES string of the molecule is COC1=CC(C=CC(=O)c2ccc(OC)c(OC)c2OC)C(O)(OC)C(OC)=C1OC. The zero-order valence-electron chi connectivity index (χ0n) is 18.7. The van der Waals surface area contributed by atoms with Crippen LogP contribution >= 0.6 is 0 Å². The molecule has 1 N–H and O–H groups in total. The number of carbonyl (C=O) groups excluding carboxylic acids is 1. The molecule has 0 radical (unpaired) electrons. The van der Waals surface area contributed by atoms with E-state index < -0.39 is 11.7 Å². The van der Waals surface area contributed by atoms with Gasteiger partial charge < -0.3 is 38.3 Å². The monoisotopic (exact) mass is 436 g/mol. The summed E-state index contributed by atoms with van der Waals surface area (Å²) in [6, 6.07) is 3.17. The predicted molar refractivity (Wildman–Crippen MR) is 111 cm³/mol. The first kappa shape index (κ1) is 24.1. The molecule has 0 aliphatic heterocycles. The van der Waals surface area contributed by atoms with Crippen LogP contribution in [0, 0.1) is 5.92 Å². The average molecular weight is 436 g/mol. The van der Waals surface area contributed by atoms with Crippen LogP contribution in [0.1, 0.15) is 10.4 Å². The Kier molecular flexibility index (Phi) is 7.95. The van der Waals surface area contributed by atoms with Gasteiger partial charge in [-0.05, 0) is 24.3 Å². The van der Waals surface area contributed by atoms with E-state index >= 15 is 0 Å². The van der Waals surface area contributed by atoms with Crippen LogP contribution in [0.15, 0.2) is 47.6 Å². The number of hydrogen-bond acceptors (Lipinski definition) is 9. The largest absolute Gasteiger partial charge is 0.493 e. The predicted octanol–water partition coefficient (Wildman–Crippen LogP) is 2.45. The van der Waals surface area contributed by atoms with Crippen molar-refractivity contribution in [2.75, 3.05) is 49.8 Å². The molecule has 1 aromatic rings. The van der Waals surface area contributed by atoms with Gasteiger partial charge in [-0.3, -0.25) is 4.79 Å². The molecule has 0 heterocycles. The first-order valence-electron chi connectivity index (χ1n) is 9.24. The van der Waals surface area contributed by atoms with Crippen molar-refractivity contribution >= 4 is 5.78 Å². The van der Waals surface area contributed by atoms with E-state index in [1.807, 2.05) is 0 Å². The number of carbonyl (C=O) groups is 1. The lowest BCUT2D eigenvalue weighted by molar-refractivity contribution is -0.200. The van der Waals surface area contributed by atoms with Crippen LogP contribution in [-0.4, -0.2) is 66.4 Å². The van der Waals surface area contributed by atoms with Crippen molar-refractivity contribution in [3.8, 4) is 17.2 Å². The van der Waals surface area contributed by atoms with Crippen LogP contribution in [-0.2, 0) is 18.9 Å². The van der Waals surface area contributed by atoms with E-state index in [-0.39, 0.29) is 28.6 Å². The van der Waals surface area contributed by atoms with Crippen molar-refractivity contribution in [3.05, 3.63) is 53.2 Å². The fourth-order valence-electron chi connectivity index (χ4n) is 3.36. The van der Waals surface area contributed by atoms with Crippen molar-refractivity contribution in [3.63, 3.8) is 0 Å². The minimum absolute atomic E-state index is 0.0163. The Bertz CT molecular complexity index is 900. The van der Waals surface area contributed by atoms with E-state index in [9.17, 15) is 9.90 Å². The molecule has 0 spiro atoms. The highest BCUT2D eigenvalue weighted by Gasteiger charge is 2.47. The number of rotatable bonds is 10. The minimum Gasteiger partial charge on any atom is -0.493 e. The molecule has 170 valence electrons. The van der Waals surface area contributed by atoms with Gasteiger partial charge in [0.2, 0.25) is 23.1 Å². The Morgan fingerprint density at radius 3 is 2.06 bits per heavy atom. The summed E-state index contributed by atoms with van der Waals surface area (Å²) in [5.74, 6) is -1.64. The highest BCUT2D eigenvalue weighted by molar-refractivity contribution is 6.07. The second-order valence-corrected chi connectivity index (χ2v) is 6.33. The van der Waals surface area contributed by atoms with Crippen molar-refractivity contribution in [2.45, 2.75) is 5.79 Å². The second kappa shape index (κ2) is 10.2. The normalized spacial score (nSPS) is 20.9. The Hall–Kier alpha value is -3.17. The average Bonchev–Trinajstić information content (AvgIpc) is 2.80. The molecule has 0 saturated carbocycles. The van der Waals surface area contributed by atoms with E-state index in [1.54, 1.807) is 18.2 Å². The number of ether oxygens (including phenoxy) is 7. The lowest BCUT2D eigenvalue weighted by atomic mass is 9.89. The van der Waals surface area contributed by atoms with Gasteiger partial charge in [-0.25, -0.2) is 0 Å². The van der Waals surface area contributed by atoms with Crippen molar-refractivity contribution < 1.29 is 43.1 Å². The van der Waals surface area contributed by atoms with Gasteiger partial charge in [-0.1, -0.05) is 6.08 Å². The number of methoxy groups -OCH3 is 7. The van der Waals surface area contributed by atoms with Gasteiger partial charge in [0.05, 0.1) is 54.1 Å². The van der Waals surface area contributed by atoms with Crippen molar-refractivity contribution in [2.24, 2.45) is 5.92 Å². The molecule has 1 aromatic carbocycles. The lowest BCUT2D eigenvalue weighted by Crippen LogP contribution is -2.44. The number of hydrogen-bond donors (Lipinski definition) is 1. The molecule has 31 heavy (non-hydrogen) atoms. The molecule has 0 aromatic heterocycles. The van der Waals surface area contributed by atoms with Crippen LogP contribution in [0.25, 0.3) is 0 Å². The third-order valence-electron chi connectivity index (χ3n) is 4.90. The zero-order chi connectivity index (χ0) is 23.2. The summed E-state index contributed by atoms with van der Waals surface area (Å²) >= 11 is 0. The maximum Gasteiger partial charge on any atom is 0.239 e. The van der Waals surface area contributed by atoms with Crippen molar-refractivity contribution in [1.82, 2.24) is 0 Å². The molecule has 9 heteroatoms. The molecule has 2 atom stereocenters. The lowest BCUT2D eigenvalue weighted by Gasteiger charge is -2.36. The van der Waals surface area contributed by atoms with Gasteiger partial charge in [-0.15, -0.1) is 0 Å². The smallest absolute Gasteiger partial charge is 0.239 e. The Morgan fingerprint density at radius 1 is 0.903 bits per heavy atom. The van der Waals surface area contributed by atoms with Gasteiger partial charge >= 0.3 is 0 Å². The van der Waals surface area contributed by atoms with E-state index in [1.165, 1.54) is 61.9 Å². The van der Waals surface area contributed by atoms with E-state index in [0.29, 0.717) is 17.3 Å². The number of aliphatic hydroxyl groups is 1. The highest BCUT2D eigenvalue weighted by Crippen LogP contribution is 2.41. The highest BCUT2D eigenvalue weighted by atomic mass is 16.6. The fourth-order valence-corrected chi connectivity index (χ4v) is 3.36. The van der Waals surface area contributed by atoms with Gasteiger partial charge in [-0.2, -0.15) is 0 Å². The minimum atomic E-state index is -1.92. The molecule has 9 nitrogen and oxygen atoms in total. The van der Waals surface area contributed by atoms with Crippen LogP contribution in [0.5, 0.6) is 17.2 Å². The summed E-state index contributed by atoms with van der Waals surface area (Å²) in [6.45, 7) is 0. The molecule has 2 unspecified atom stereocenters. The third kappa shape index (κ3) is 4.33. The molecule has 0 bridgehead atoms. The second-order valence-electron chi connectivity index (χ2n) is 6.33.